The minimum absolute atomic E-state index is 0.0130. The van der Waals surface area contributed by atoms with Crippen LogP contribution in [-0.2, 0) is 0 Å². The van der Waals surface area contributed by atoms with Gasteiger partial charge in [-0.2, -0.15) is 0 Å². The van der Waals surface area contributed by atoms with Gasteiger partial charge in [0.25, 0.3) is 5.91 Å². The Morgan fingerprint density at radius 2 is 1.94 bits per heavy atom. The fraction of sp³-hybridized carbons (Fsp3) is 0.381. The molecule has 3 amide bonds. The number of carboxylic acid groups (broad SMARTS) is 1. The zero-order chi connectivity index (χ0) is 22.8. The summed E-state index contributed by atoms with van der Waals surface area (Å²) < 4.78 is 0. The van der Waals surface area contributed by atoms with Gasteiger partial charge in [0.15, 0.2) is 11.5 Å². The van der Waals surface area contributed by atoms with Crippen molar-refractivity contribution < 1.29 is 19.5 Å². The average molecular weight is 439 g/mol. The molecule has 4 rings (SSSR count). The van der Waals surface area contributed by atoms with Crippen molar-refractivity contribution in [2.24, 2.45) is 5.73 Å². The molecular formula is C21H25N7O4. The molecule has 1 aromatic heterocycles. The van der Waals surface area contributed by atoms with E-state index in [2.05, 4.69) is 20.2 Å². The van der Waals surface area contributed by atoms with Crippen molar-refractivity contribution in [3.8, 4) is 0 Å². The SMILES string of the molecule is CN1CCN(C2CCCN(c3cnc(C(N)=O)c(Nc4ccc(C(=O)O)cc4)n3)C2)C1=O. The quantitative estimate of drug-likeness (QED) is 0.612. The van der Waals surface area contributed by atoms with Crippen LogP contribution < -0.4 is 16.0 Å². The molecule has 11 heteroatoms. The van der Waals surface area contributed by atoms with E-state index in [1.807, 2.05) is 4.90 Å². The lowest BCUT2D eigenvalue weighted by molar-refractivity contribution is 0.0696. The molecule has 2 aromatic rings. The van der Waals surface area contributed by atoms with Crippen LogP contribution in [0.5, 0.6) is 0 Å². The highest BCUT2D eigenvalue weighted by atomic mass is 16.4. The maximum Gasteiger partial charge on any atom is 0.335 e. The van der Waals surface area contributed by atoms with E-state index >= 15 is 0 Å². The number of aromatic nitrogens is 2. The molecule has 1 unspecified atom stereocenters. The highest BCUT2D eigenvalue weighted by molar-refractivity contribution is 5.96. The maximum atomic E-state index is 12.4. The summed E-state index contributed by atoms with van der Waals surface area (Å²) in [4.78, 5) is 49.8. The second-order valence-electron chi connectivity index (χ2n) is 7.94. The molecule has 1 atom stereocenters. The van der Waals surface area contributed by atoms with Crippen LogP contribution in [-0.4, -0.2) is 82.1 Å². The van der Waals surface area contributed by atoms with E-state index in [9.17, 15) is 14.4 Å². The number of nitrogens with two attached hydrogens (primary N) is 1. The molecule has 0 saturated carbocycles. The molecule has 1 aromatic carbocycles. The van der Waals surface area contributed by atoms with Crippen molar-refractivity contribution in [2.75, 3.05) is 43.4 Å². The molecule has 168 valence electrons. The van der Waals surface area contributed by atoms with E-state index in [0.29, 0.717) is 24.6 Å². The Labute approximate surface area is 184 Å². The number of nitrogens with one attached hydrogen (secondary N) is 1. The predicted octanol–water partition coefficient (Wildman–Crippen LogP) is 1.35. The first-order valence-corrected chi connectivity index (χ1v) is 10.4. The standard InChI is InChI=1S/C21H25N7O4/c1-26-9-10-28(21(26)32)15-3-2-8-27(12-15)16-11-23-17(18(22)29)19(25-16)24-14-6-4-13(5-7-14)20(30)31/h4-7,11,15H,2-3,8-10,12H2,1H3,(H2,22,29)(H,24,25)(H,30,31). The molecule has 32 heavy (non-hydrogen) atoms. The van der Waals surface area contributed by atoms with Gasteiger partial charge in [-0.05, 0) is 37.1 Å². The number of aromatic carboxylic acids is 1. The molecule has 2 saturated heterocycles. The monoisotopic (exact) mass is 439 g/mol. The Bertz CT molecular complexity index is 1040. The first-order valence-electron chi connectivity index (χ1n) is 10.4. The van der Waals surface area contributed by atoms with E-state index in [1.165, 1.54) is 18.3 Å². The first kappa shape index (κ1) is 21.3. The summed E-state index contributed by atoms with van der Waals surface area (Å²) in [5, 5.41) is 12.1. The number of amides is 3. The molecule has 0 aliphatic carbocycles. The fourth-order valence-corrected chi connectivity index (χ4v) is 4.06. The summed E-state index contributed by atoms with van der Waals surface area (Å²) >= 11 is 0. The third-order valence-electron chi connectivity index (χ3n) is 5.80. The van der Waals surface area contributed by atoms with Gasteiger partial charge in [0.2, 0.25) is 0 Å². The molecular weight excluding hydrogens is 414 g/mol. The van der Waals surface area contributed by atoms with Crippen LogP contribution in [0.3, 0.4) is 0 Å². The summed E-state index contributed by atoms with van der Waals surface area (Å²) in [5.74, 6) is -0.990. The second-order valence-corrected chi connectivity index (χ2v) is 7.94. The number of carbonyl (C=O) groups is 3. The lowest BCUT2D eigenvalue weighted by Gasteiger charge is -2.37. The third kappa shape index (κ3) is 4.27. The third-order valence-corrected chi connectivity index (χ3v) is 5.80. The molecule has 0 spiro atoms. The van der Waals surface area contributed by atoms with Crippen LogP contribution >= 0.6 is 0 Å². The Morgan fingerprint density at radius 3 is 2.56 bits per heavy atom. The number of hydrogen-bond donors (Lipinski definition) is 3. The van der Waals surface area contributed by atoms with Gasteiger partial charge in [-0.15, -0.1) is 0 Å². The van der Waals surface area contributed by atoms with E-state index in [4.69, 9.17) is 10.8 Å². The van der Waals surface area contributed by atoms with Crippen LogP contribution in [0.15, 0.2) is 30.5 Å². The number of carbonyl (C=O) groups excluding carboxylic acids is 2. The summed E-state index contributed by atoms with van der Waals surface area (Å²) in [6.45, 7) is 2.80. The van der Waals surface area contributed by atoms with Gasteiger partial charge in [0, 0.05) is 38.9 Å². The van der Waals surface area contributed by atoms with Crippen LogP contribution in [0.25, 0.3) is 0 Å². The normalized spacial score (nSPS) is 18.7. The zero-order valence-electron chi connectivity index (χ0n) is 17.7. The Kier molecular flexibility index (Phi) is 5.80. The number of likely N-dealkylation sites (N-methyl/N-ethyl adjacent to an activating group) is 1. The van der Waals surface area contributed by atoms with E-state index in [-0.39, 0.29) is 29.1 Å². The van der Waals surface area contributed by atoms with Crippen LogP contribution in [0.2, 0.25) is 0 Å². The van der Waals surface area contributed by atoms with Crippen molar-refractivity contribution >= 4 is 35.2 Å². The van der Waals surface area contributed by atoms with Crippen molar-refractivity contribution in [1.29, 1.82) is 0 Å². The van der Waals surface area contributed by atoms with Gasteiger partial charge in [0.05, 0.1) is 17.8 Å². The highest BCUT2D eigenvalue weighted by Crippen LogP contribution is 2.26. The maximum absolute atomic E-state index is 12.4. The van der Waals surface area contributed by atoms with E-state index < -0.39 is 11.9 Å². The van der Waals surface area contributed by atoms with Crippen molar-refractivity contribution in [3.63, 3.8) is 0 Å². The average Bonchev–Trinajstić information content (AvgIpc) is 3.12. The Morgan fingerprint density at radius 1 is 1.19 bits per heavy atom. The molecule has 3 heterocycles. The van der Waals surface area contributed by atoms with Gasteiger partial charge >= 0.3 is 12.0 Å². The second kappa shape index (κ2) is 8.69. The molecule has 11 nitrogen and oxygen atoms in total. The summed E-state index contributed by atoms with van der Waals surface area (Å²) in [7, 11) is 1.80. The molecule has 2 fully saturated rings. The van der Waals surface area contributed by atoms with Gasteiger partial charge in [-0.25, -0.2) is 19.6 Å². The largest absolute Gasteiger partial charge is 0.478 e. The van der Waals surface area contributed by atoms with E-state index in [0.717, 1.165) is 25.9 Å². The van der Waals surface area contributed by atoms with Crippen LogP contribution in [0, 0.1) is 0 Å². The summed E-state index contributed by atoms with van der Waals surface area (Å²) in [5.41, 5.74) is 6.15. The van der Waals surface area contributed by atoms with Gasteiger partial charge in [-0.1, -0.05) is 0 Å². The number of piperidine rings is 1. The number of carboxylic acids is 1. The van der Waals surface area contributed by atoms with Crippen LogP contribution in [0.4, 0.5) is 22.1 Å². The van der Waals surface area contributed by atoms with Gasteiger partial charge in [-0.3, -0.25) is 4.79 Å². The number of urea groups is 1. The Balaban J connectivity index is 1.56. The lowest BCUT2D eigenvalue weighted by atomic mass is 10.0. The zero-order valence-corrected chi connectivity index (χ0v) is 17.7. The van der Waals surface area contributed by atoms with E-state index in [1.54, 1.807) is 24.1 Å². The number of hydrogen-bond acceptors (Lipinski definition) is 7. The summed E-state index contributed by atoms with van der Waals surface area (Å²) in [6.07, 6.45) is 3.33. The molecule has 2 aliphatic heterocycles. The van der Waals surface area contributed by atoms with Gasteiger partial charge in [0.1, 0.15) is 5.82 Å². The summed E-state index contributed by atoms with van der Waals surface area (Å²) in [6, 6.07) is 6.18. The lowest BCUT2D eigenvalue weighted by Crippen LogP contribution is -2.49. The molecule has 2 aliphatic rings. The minimum atomic E-state index is -1.03. The van der Waals surface area contributed by atoms with Crippen molar-refractivity contribution in [3.05, 3.63) is 41.7 Å². The Hall–Kier alpha value is -3.89. The van der Waals surface area contributed by atoms with Crippen LogP contribution in [0.1, 0.15) is 33.7 Å². The van der Waals surface area contributed by atoms with Gasteiger partial charge < -0.3 is 30.9 Å². The highest BCUT2D eigenvalue weighted by Gasteiger charge is 2.34. The number of benzene rings is 1. The molecule has 0 radical (unpaired) electrons. The number of rotatable bonds is 6. The topological polar surface area (TPSA) is 145 Å². The molecule has 0 bridgehead atoms. The van der Waals surface area contributed by atoms with Crippen molar-refractivity contribution in [2.45, 2.75) is 18.9 Å². The fourth-order valence-electron chi connectivity index (χ4n) is 4.06. The van der Waals surface area contributed by atoms with Crippen molar-refractivity contribution in [1.82, 2.24) is 19.8 Å². The smallest absolute Gasteiger partial charge is 0.335 e. The number of primary amides is 1. The number of anilines is 3. The number of nitrogens with zero attached hydrogens (tertiary/aromatic N) is 5. The first-order chi connectivity index (χ1) is 15.3. The molecule has 4 N–H and O–H groups in total. The predicted molar refractivity (Wildman–Crippen MR) is 117 cm³/mol. The minimum Gasteiger partial charge on any atom is -0.478 e.